The van der Waals surface area contributed by atoms with E-state index in [0.717, 1.165) is 23.6 Å². The second kappa shape index (κ2) is 7.01. The Morgan fingerprint density at radius 1 is 1.17 bits per heavy atom. The molecule has 2 aromatic carbocycles. The number of hydrogen-bond acceptors (Lipinski definition) is 3. The summed E-state index contributed by atoms with van der Waals surface area (Å²) in [5, 5.41) is 3.25. The topological polar surface area (TPSA) is 49.9 Å². The molecular formula is C19H22N2O3. The van der Waals surface area contributed by atoms with Gasteiger partial charge in [-0.3, -0.25) is 14.4 Å². The summed E-state index contributed by atoms with van der Waals surface area (Å²) in [6.07, 6.45) is 1.61. The predicted octanol–water partition coefficient (Wildman–Crippen LogP) is 2.71. The van der Waals surface area contributed by atoms with Crippen molar-refractivity contribution in [3.8, 4) is 0 Å². The first-order valence-electron chi connectivity index (χ1n) is 8.20. The van der Waals surface area contributed by atoms with Gasteiger partial charge in [-0.15, -0.1) is 0 Å². The molecule has 2 aromatic rings. The molecule has 1 saturated heterocycles. The van der Waals surface area contributed by atoms with Crippen molar-refractivity contribution in [2.24, 2.45) is 5.92 Å². The molecule has 126 valence electrons. The van der Waals surface area contributed by atoms with Crippen LogP contribution in [-0.2, 0) is 9.63 Å². The molecular weight excluding hydrogens is 304 g/mol. The minimum atomic E-state index is -0.206. The van der Waals surface area contributed by atoms with Gasteiger partial charge in [-0.1, -0.05) is 36.4 Å². The highest BCUT2D eigenvalue weighted by molar-refractivity contribution is 6.07. The minimum absolute atomic E-state index is 0.00984. The van der Waals surface area contributed by atoms with Gasteiger partial charge in [0.05, 0.1) is 13.0 Å². The van der Waals surface area contributed by atoms with E-state index in [2.05, 4.69) is 0 Å². The van der Waals surface area contributed by atoms with Crippen molar-refractivity contribution in [1.82, 2.24) is 9.96 Å². The number of carbonyl (C=O) groups excluding carboxylic acids is 2. The second-order valence-electron chi connectivity index (χ2n) is 6.14. The molecule has 0 spiro atoms. The number of rotatable bonds is 3. The van der Waals surface area contributed by atoms with Crippen LogP contribution in [0.1, 0.15) is 23.2 Å². The van der Waals surface area contributed by atoms with Crippen LogP contribution in [0.2, 0.25) is 0 Å². The number of amides is 2. The molecule has 0 N–H and O–H groups in total. The zero-order chi connectivity index (χ0) is 17.1. The number of hydroxylamine groups is 2. The fourth-order valence-corrected chi connectivity index (χ4v) is 3.29. The summed E-state index contributed by atoms with van der Waals surface area (Å²) in [5.41, 5.74) is 0.696. The molecule has 1 fully saturated rings. The molecule has 0 aromatic heterocycles. The van der Waals surface area contributed by atoms with E-state index in [1.807, 2.05) is 42.5 Å². The molecule has 1 atom stereocenters. The van der Waals surface area contributed by atoms with E-state index in [-0.39, 0.29) is 17.7 Å². The minimum Gasteiger partial charge on any atom is -0.338 e. The van der Waals surface area contributed by atoms with Gasteiger partial charge in [-0.05, 0) is 29.7 Å². The number of likely N-dealkylation sites (tertiary alicyclic amines) is 1. The monoisotopic (exact) mass is 326 g/mol. The Morgan fingerprint density at radius 3 is 2.71 bits per heavy atom. The van der Waals surface area contributed by atoms with Crippen LogP contribution in [-0.4, -0.2) is 49.0 Å². The molecule has 0 unspecified atom stereocenters. The Labute approximate surface area is 141 Å². The van der Waals surface area contributed by atoms with E-state index in [1.54, 1.807) is 11.9 Å². The van der Waals surface area contributed by atoms with Crippen LogP contribution in [0.25, 0.3) is 10.8 Å². The SMILES string of the molecule is CON(C)C(=O)[C@@H]1CCCN(C(=O)c2cccc3ccccc23)C1. The fourth-order valence-electron chi connectivity index (χ4n) is 3.29. The smallest absolute Gasteiger partial charge is 0.254 e. The number of benzene rings is 2. The van der Waals surface area contributed by atoms with Crippen molar-refractivity contribution in [2.45, 2.75) is 12.8 Å². The van der Waals surface area contributed by atoms with Gasteiger partial charge in [-0.2, -0.15) is 0 Å². The van der Waals surface area contributed by atoms with E-state index in [9.17, 15) is 9.59 Å². The molecule has 24 heavy (non-hydrogen) atoms. The van der Waals surface area contributed by atoms with Crippen LogP contribution in [0.15, 0.2) is 42.5 Å². The summed E-state index contributed by atoms with van der Waals surface area (Å²) in [5.74, 6) is -0.292. The van der Waals surface area contributed by atoms with Crippen molar-refractivity contribution in [3.05, 3.63) is 48.0 Å². The van der Waals surface area contributed by atoms with E-state index in [0.29, 0.717) is 18.7 Å². The second-order valence-corrected chi connectivity index (χ2v) is 6.14. The van der Waals surface area contributed by atoms with Crippen LogP contribution < -0.4 is 0 Å². The predicted molar refractivity (Wildman–Crippen MR) is 92.4 cm³/mol. The van der Waals surface area contributed by atoms with Gasteiger partial charge in [-0.25, -0.2) is 5.06 Å². The van der Waals surface area contributed by atoms with Crippen molar-refractivity contribution in [1.29, 1.82) is 0 Å². The van der Waals surface area contributed by atoms with E-state index in [1.165, 1.54) is 12.2 Å². The van der Waals surface area contributed by atoms with Crippen LogP contribution in [0.4, 0.5) is 0 Å². The first-order valence-corrected chi connectivity index (χ1v) is 8.20. The molecule has 0 saturated carbocycles. The highest BCUT2D eigenvalue weighted by Gasteiger charge is 2.31. The lowest BCUT2D eigenvalue weighted by Gasteiger charge is -2.33. The van der Waals surface area contributed by atoms with Crippen molar-refractivity contribution in [3.63, 3.8) is 0 Å². The summed E-state index contributed by atoms with van der Waals surface area (Å²) in [4.78, 5) is 32.1. The molecule has 1 aliphatic heterocycles. The van der Waals surface area contributed by atoms with Crippen molar-refractivity contribution in [2.75, 3.05) is 27.2 Å². The molecule has 2 amide bonds. The first-order chi connectivity index (χ1) is 11.6. The lowest BCUT2D eigenvalue weighted by Crippen LogP contribution is -2.45. The summed E-state index contributed by atoms with van der Waals surface area (Å²) in [6.45, 7) is 1.12. The lowest BCUT2D eigenvalue weighted by atomic mass is 9.95. The largest absolute Gasteiger partial charge is 0.338 e. The van der Waals surface area contributed by atoms with Crippen molar-refractivity contribution >= 4 is 22.6 Å². The van der Waals surface area contributed by atoms with Crippen molar-refractivity contribution < 1.29 is 14.4 Å². The normalized spacial score (nSPS) is 17.8. The molecule has 3 rings (SSSR count). The molecule has 0 aliphatic carbocycles. The van der Waals surface area contributed by atoms with Gasteiger partial charge in [0.1, 0.15) is 0 Å². The van der Waals surface area contributed by atoms with Gasteiger partial charge >= 0.3 is 0 Å². The Kier molecular flexibility index (Phi) is 4.81. The van der Waals surface area contributed by atoms with Crippen LogP contribution in [0.5, 0.6) is 0 Å². The van der Waals surface area contributed by atoms with Gasteiger partial charge in [0, 0.05) is 25.7 Å². The third kappa shape index (κ3) is 3.12. The fraction of sp³-hybridized carbons (Fsp3) is 0.368. The van der Waals surface area contributed by atoms with Crippen LogP contribution >= 0.6 is 0 Å². The van der Waals surface area contributed by atoms with Gasteiger partial charge in [0.25, 0.3) is 11.8 Å². The first kappa shape index (κ1) is 16.5. The third-order valence-electron chi connectivity index (χ3n) is 4.66. The zero-order valence-electron chi connectivity index (χ0n) is 14.1. The van der Waals surface area contributed by atoms with Crippen LogP contribution in [0.3, 0.4) is 0 Å². The average Bonchev–Trinajstić information content (AvgIpc) is 2.65. The van der Waals surface area contributed by atoms with E-state index < -0.39 is 0 Å². The Morgan fingerprint density at radius 2 is 1.92 bits per heavy atom. The highest BCUT2D eigenvalue weighted by atomic mass is 16.7. The number of nitrogens with zero attached hydrogens (tertiary/aromatic N) is 2. The zero-order valence-corrected chi connectivity index (χ0v) is 14.1. The Balaban J connectivity index is 1.83. The number of carbonyl (C=O) groups is 2. The van der Waals surface area contributed by atoms with E-state index in [4.69, 9.17) is 4.84 Å². The number of hydrogen-bond donors (Lipinski definition) is 0. The summed E-state index contributed by atoms with van der Waals surface area (Å²) in [6, 6.07) is 13.6. The molecule has 5 nitrogen and oxygen atoms in total. The maximum Gasteiger partial charge on any atom is 0.254 e. The van der Waals surface area contributed by atoms with Crippen LogP contribution in [0, 0.1) is 5.92 Å². The summed E-state index contributed by atoms with van der Waals surface area (Å²) in [7, 11) is 3.08. The Hall–Kier alpha value is -2.40. The lowest BCUT2D eigenvalue weighted by molar-refractivity contribution is -0.174. The number of piperidine rings is 1. The summed E-state index contributed by atoms with van der Waals surface area (Å²) >= 11 is 0. The van der Waals surface area contributed by atoms with E-state index >= 15 is 0 Å². The maximum absolute atomic E-state index is 13.0. The third-order valence-corrected chi connectivity index (χ3v) is 4.66. The molecule has 1 aliphatic rings. The molecule has 0 bridgehead atoms. The standard InChI is InChI=1S/C19H22N2O3/c1-20(24-2)18(22)15-9-6-12-21(13-15)19(23)17-11-5-8-14-7-3-4-10-16(14)17/h3-5,7-8,10-11,15H,6,9,12-13H2,1-2H3/t15-/m1/s1. The number of fused-ring (bicyclic) bond motifs is 1. The van der Waals surface area contributed by atoms with Gasteiger partial charge < -0.3 is 4.90 Å². The molecule has 1 heterocycles. The molecule has 5 heteroatoms. The maximum atomic E-state index is 13.0. The highest BCUT2D eigenvalue weighted by Crippen LogP contribution is 2.24. The molecule has 0 radical (unpaired) electrons. The quantitative estimate of drug-likeness (QED) is 0.815. The van der Waals surface area contributed by atoms with Gasteiger partial charge in [0.2, 0.25) is 0 Å². The Bertz CT molecular complexity index is 754. The average molecular weight is 326 g/mol. The van der Waals surface area contributed by atoms with Gasteiger partial charge in [0.15, 0.2) is 0 Å². The summed E-state index contributed by atoms with van der Waals surface area (Å²) < 4.78 is 0.